The van der Waals surface area contributed by atoms with E-state index in [1.165, 1.54) is 17.7 Å². The van der Waals surface area contributed by atoms with Gasteiger partial charge in [-0.15, -0.1) is 0 Å². The smallest absolute Gasteiger partial charge is 0.249 e. The Morgan fingerprint density at radius 2 is 1.84 bits per heavy atom. The molecule has 32 heavy (non-hydrogen) atoms. The molecule has 0 atom stereocenters. The third-order valence-electron chi connectivity index (χ3n) is 5.41. The van der Waals surface area contributed by atoms with Crippen LogP contribution in [0.4, 0.5) is 15.9 Å². The van der Waals surface area contributed by atoms with Gasteiger partial charge in [0.1, 0.15) is 29.8 Å². The van der Waals surface area contributed by atoms with Crippen LogP contribution in [0.3, 0.4) is 0 Å². The van der Waals surface area contributed by atoms with Crippen LogP contribution < -0.4 is 5.32 Å². The van der Waals surface area contributed by atoms with E-state index in [9.17, 15) is 9.18 Å². The number of imidazole rings is 1. The van der Waals surface area contributed by atoms with Crippen molar-refractivity contribution in [3.8, 4) is 11.3 Å². The number of anilines is 2. The molecule has 1 N–H and O–H groups in total. The summed E-state index contributed by atoms with van der Waals surface area (Å²) >= 11 is 0. The number of nitrogens with one attached hydrogen (secondary N) is 1. The number of halogens is 1. The van der Waals surface area contributed by atoms with Crippen molar-refractivity contribution >= 4 is 17.4 Å². The maximum atomic E-state index is 13.5. The zero-order valence-electron chi connectivity index (χ0n) is 18.3. The Balaban J connectivity index is 1.60. The van der Waals surface area contributed by atoms with Crippen LogP contribution in [0.1, 0.15) is 11.4 Å². The van der Waals surface area contributed by atoms with E-state index in [2.05, 4.69) is 9.88 Å². The first-order valence-electron chi connectivity index (χ1n) is 10.6. The molecule has 0 saturated carbocycles. The lowest BCUT2D eigenvalue weighted by Crippen LogP contribution is -2.40. The Morgan fingerprint density at radius 3 is 2.56 bits per heavy atom. The maximum Gasteiger partial charge on any atom is 0.249 e. The summed E-state index contributed by atoms with van der Waals surface area (Å²) in [5, 5.41) is 3.48. The molecule has 1 aliphatic heterocycles. The molecule has 0 bridgehead atoms. The number of hydrogen-bond acceptors (Lipinski definition) is 5. The van der Waals surface area contributed by atoms with E-state index in [4.69, 9.17) is 14.5 Å². The second-order valence-electron chi connectivity index (χ2n) is 7.74. The first-order chi connectivity index (χ1) is 15.5. The van der Waals surface area contributed by atoms with Crippen LogP contribution >= 0.6 is 0 Å². The second-order valence-corrected chi connectivity index (χ2v) is 7.74. The Hall–Kier alpha value is -3.23. The van der Waals surface area contributed by atoms with Crippen molar-refractivity contribution in [2.45, 2.75) is 20.0 Å². The van der Waals surface area contributed by atoms with Crippen LogP contribution in [0.5, 0.6) is 0 Å². The summed E-state index contributed by atoms with van der Waals surface area (Å²) in [4.78, 5) is 19.1. The number of ether oxygens (including phenoxy) is 2. The zero-order chi connectivity index (χ0) is 22.5. The number of fused-ring (bicyclic) bond motifs is 1. The van der Waals surface area contributed by atoms with E-state index in [-0.39, 0.29) is 18.3 Å². The Bertz CT molecular complexity index is 1060. The van der Waals surface area contributed by atoms with E-state index < -0.39 is 0 Å². The zero-order valence-corrected chi connectivity index (χ0v) is 18.3. The molecular weight excluding hydrogens is 411 g/mol. The molecule has 4 rings (SSSR count). The molecule has 2 heterocycles. The Kier molecular flexibility index (Phi) is 6.82. The quantitative estimate of drug-likeness (QED) is 0.543. The monoisotopic (exact) mass is 438 g/mol. The predicted octanol–water partition coefficient (Wildman–Crippen LogP) is 3.75. The van der Waals surface area contributed by atoms with Crippen LogP contribution in [0.15, 0.2) is 48.5 Å². The van der Waals surface area contributed by atoms with Gasteiger partial charge >= 0.3 is 0 Å². The largest absolute Gasteiger partial charge is 0.382 e. The number of methoxy groups -OCH3 is 1. The number of nitrogens with zero attached hydrogens (tertiary/aromatic N) is 3. The fourth-order valence-corrected chi connectivity index (χ4v) is 3.65. The van der Waals surface area contributed by atoms with Crippen LogP contribution in [0.2, 0.25) is 0 Å². The Labute approximate surface area is 186 Å². The topological polar surface area (TPSA) is 68.6 Å². The van der Waals surface area contributed by atoms with Crippen molar-refractivity contribution in [2.24, 2.45) is 0 Å². The molecule has 0 spiro atoms. The highest BCUT2D eigenvalue weighted by atomic mass is 19.1. The summed E-state index contributed by atoms with van der Waals surface area (Å²) in [6.45, 7) is 4.43. The van der Waals surface area contributed by atoms with Crippen LogP contribution in [0, 0.1) is 12.7 Å². The van der Waals surface area contributed by atoms with Crippen molar-refractivity contribution in [1.29, 1.82) is 0 Å². The highest BCUT2D eigenvalue weighted by Gasteiger charge is 2.27. The van der Waals surface area contributed by atoms with Crippen molar-refractivity contribution in [1.82, 2.24) is 14.5 Å². The summed E-state index contributed by atoms with van der Waals surface area (Å²) in [7, 11) is 1.59. The molecule has 7 nitrogen and oxygen atoms in total. The second kappa shape index (κ2) is 9.93. The molecule has 8 heteroatoms. The third kappa shape index (κ3) is 4.98. The van der Waals surface area contributed by atoms with Gasteiger partial charge in [-0.2, -0.15) is 0 Å². The fraction of sp³-hybridized carbons (Fsp3) is 0.333. The SMILES string of the molecule is COCCOCC(=O)N1CCn2c(nc(-c3ccc(F)cc3)c2Nc2ccc(C)cc2)C1. The van der Waals surface area contributed by atoms with Gasteiger partial charge in [0, 0.05) is 31.5 Å². The summed E-state index contributed by atoms with van der Waals surface area (Å²) in [5.41, 5.74) is 3.65. The highest BCUT2D eigenvalue weighted by Crippen LogP contribution is 2.33. The normalized spacial score (nSPS) is 13.2. The number of carbonyl (C=O) groups is 1. The molecule has 1 aliphatic rings. The van der Waals surface area contributed by atoms with E-state index in [1.807, 2.05) is 31.2 Å². The molecule has 0 unspecified atom stereocenters. The average molecular weight is 439 g/mol. The minimum Gasteiger partial charge on any atom is -0.382 e. The van der Waals surface area contributed by atoms with Gasteiger partial charge in [-0.3, -0.25) is 4.79 Å². The molecule has 168 valence electrons. The van der Waals surface area contributed by atoms with Crippen LogP contribution in [0.25, 0.3) is 11.3 Å². The van der Waals surface area contributed by atoms with Gasteiger partial charge in [0.25, 0.3) is 0 Å². The van der Waals surface area contributed by atoms with Crippen molar-refractivity contribution in [3.63, 3.8) is 0 Å². The van der Waals surface area contributed by atoms with Gasteiger partial charge in [-0.05, 0) is 43.3 Å². The number of rotatable bonds is 8. The number of aryl methyl sites for hydroxylation is 1. The molecule has 2 aromatic carbocycles. The molecule has 1 aromatic heterocycles. The van der Waals surface area contributed by atoms with E-state index in [0.717, 1.165) is 28.6 Å². The van der Waals surface area contributed by atoms with Gasteiger partial charge in [0.2, 0.25) is 5.91 Å². The average Bonchev–Trinajstić information content (AvgIpc) is 3.16. The molecular formula is C24H27FN4O3. The van der Waals surface area contributed by atoms with Crippen molar-refractivity contribution < 1.29 is 18.7 Å². The Morgan fingerprint density at radius 1 is 1.09 bits per heavy atom. The standard InChI is InChI=1S/C24H27FN4O3/c1-17-3-9-20(10-4-17)26-24-23(18-5-7-19(25)8-6-18)27-21-15-28(11-12-29(21)24)22(30)16-32-14-13-31-2/h3-10,26H,11-16H2,1-2H3. The van der Waals surface area contributed by atoms with Crippen LogP contribution in [-0.2, 0) is 27.4 Å². The van der Waals surface area contributed by atoms with E-state index in [0.29, 0.717) is 32.8 Å². The highest BCUT2D eigenvalue weighted by molar-refractivity contribution is 5.79. The van der Waals surface area contributed by atoms with Gasteiger partial charge in [-0.25, -0.2) is 9.37 Å². The summed E-state index contributed by atoms with van der Waals surface area (Å²) in [6.07, 6.45) is 0. The molecule has 0 radical (unpaired) electrons. The first kappa shape index (κ1) is 22.0. The minimum atomic E-state index is -0.295. The molecule has 0 fully saturated rings. The fourth-order valence-electron chi connectivity index (χ4n) is 3.65. The predicted molar refractivity (Wildman–Crippen MR) is 120 cm³/mol. The number of amides is 1. The van der Waals surface area contributed by atoms with Gasteiger partial charge in [0.05, 0.1) is 19.8 Å². The maximum absolute atomic E-state index is 13.5. The third-order valence-corrected chi connectivity index (χ3v) is 5.41. The number of hydrogen-bond donors (Lipinski definition) is 1. The summed E-state index contributed by atoms with van der Waals surface area (Å²) in [5.74, 6) is 1.23. The molecule has 3 aromatic rings. The number of carbonyl (C=O) groups excluding carboxylic acids is 1. The first-order valence-corrected chi connectivity index (χ1v) is 10.6. The molecule has 0 aliphatic carbocycles. The number of benzene rings is 2. The van der Waals surface area contributed by atoms with Gasteiger partial charge in [-0.1, -0.05) is 17.7 Å². The van der Waals surface area contributed by atoms with E-state index in [1.54, 1.807) is 24.1 Å². The lowest BCUT2D eigenvalue weighted by Gasteiger charge is -2.28. The minimum absolute atomic E-state index is 0.0172. The number of aromatic nitrogens is 2. The van der Waals surface area contributed by atoms with Crippen molar-refractivity contribution in [2.75, 3.05) is 38.8 Å². The lowest BCUT2D eigenvalue weighted by atomic mass is 10.1. The van der Waals surface area contributed by atoms with Crippen LogP contribution in [-0.4, -0.2) is 53.8 Å². The summed E-state index contributed by atoms with van der Waals surface area (Å²) in [6, 6.07) is 14.4. The summed E-state index contributed by atoms with van der Waals surface area (Å²) < 4.78 is 25.9. The molecule has 0 saturated heterocycles. The molecule has 1 amide bonds. The van der Waals surface area contributed by atoms with Crippen molar-refractivity contribution in [3.05, 3.63) is 65.7 Å². The van der Waals surface area contributed by atoms with Gasteiger partial charge < -0.3 is 24.3 Å². The van der Waals surface area contributed by atoms with Gasteiger partial charge in [0.15, 0.2) is 0 Å². The van der Waals surface area contributed by atoms with E-state index >= 15 is 0 Å². The lowest BCUT2D eigenvalue weighted by molar-refractivity contribution is -0.138.